The van der Waals surface area contributed by atoms with Crippen LogP contribution in [0.25, 0.3) is 0 Å². The minimum absolute atomic E-state index is 0.164. The Balaban J connectivity index is 1.68. The lowest BCUT2D eigenvalue weighted by Crippen LogP contribution is -2.38. The quantitative estimate of drug-likeness (QED) is 0.339. The molecule has 0 bridgehead atoms. The zero-order valence-electron chi connectivity index (χ0n) is 18.4. The van der Waals surface area contributed by atoms with Crippen molar-refractivity contribution in [2.24, 2.45) is 5.10 Å². The Morgan fingerprint density at radius 3 is 2.30 bits per heavy atom. The SMILES string of the molecule is CN(C)c1ccc([C@H]2[C@H]([N+](=O)[O-])[C@H]3c4ccccc4C=NN3[C@@H]2C(=O)c2ccccc2)cc1. The van der Waals surface area contributed by atoms with E-state index >= 15 is 0 Å². The first-order valence-electron chi connectivity index (χ1n) is 10.9. The summed E-state index contributed by atoms with van der Waals surface area (Å²) >= 11 is 0. The highest BCUT2D eigenvalue weighted by Crippen LogP contribution is 2.49. The largest absolute Gasteiger partial charge is 0.378 e. The number of nitro groups is 1. The van der Waals surface area contributed by atoms with E-state index in [1.54, 1.807) is 35.5 Å². The number of anilines is 1. The lowest BCUT2D eigenvalue weighted by Gasteiger charge is -2.30. The van der Waals surface area contributed by atoms with Gasteiger partial charge in [0, 0.05) is 35.8 Å². The minimum Gasteiger partial charge on any atom is -0.378 e. The van der Waals surface area contributed by atoms with Gasteiger partial charge in [0.25, 0.3) is 0 Å². The molecule has 7 heteroatoms. The molecule has 0 aromatic heterocycles. The maximum absolute atomic E-state index is 13.8. The fraction of sp³-hybridized carbons (Fsp3) is 0.231. The van der Waals surface area contributed by atoms with Crippen LogP contribution in [-0.2, 0) is 0 Å². The van der Waals surface area contributed by atoms with Crippen LogP contribution in [0.4, 0.5) is 5.69 Å². The molecule has 7 nitrogen and oxygen atoms in total. The van der Waals surface area contributed by atoms with E-state index in [4.69, 9.17) is 0 Å². The lowest BCUT2D eigenvalue weighted by molar-refractivity contribution is -0.529. The van der Waals surface area contributed by atoms with E-state index in [0.717, 1.165) is 22.4 Å². The molecule has 0 radical (unpaired) electrons. The number of Topliss-reactive ketones (excluding diaryl/α,β-unsaturated/α-hetero) is 1. The molecule has 166 valence electrons. The highest BCUT2D eigenvalue weighted by molar-refractivity contribution is 6.01. The summed E-state index contributed by atoms with van der Waals surface area (Å²) in [6.07, 6.45) is 1.70. The normalized spacial score (nSPS) is 23.0. The average molecular weight is 441 g/mol. The first kappa shape index (κ1) is 20.9. The molecule has 3 aromatic rings. The maximum atomic E-state index is 13.8. The lowest BCUT2D eigenvalue weighted by atomic mass is 9.82. The number of ketones is 1. The summed E-state index contributed by atoms with van der Waals surface area (Å²) < 4.78 is 0. The van der Waals surface area contributed by atoms with Gasteiger partial charge in [-0.25, -0.2) is 0 Å². The summed E-state index contributed by atoms with van der Waals surface area (Å²) in [5.74, 6) is -0.819. The second-order valence-electron chi connectivity index (χ2n) is 8.66. The Morgan fingerprint density at radius 1 is 0.970 bits per heavy atom. The number of hydrogen-bond acceptors (Lipinski definition) is 6. The maximum Gasteiger partial charge on any atom is 0.248 e. The standard InChI is InChI=1S/C26H24N4O3/c1-28(2)20-14-12-17(13-15-20)22-24(30(32)33)23-21-11-7-6-10-19(21)16-27-29(23)25(22)26(31)18-8-4-3-5-9-18/h3-16,22-25H,1-2H3/t22-,23+,24-,25-/m0/s1. The molecule has 2 aliphatic heterocycles. The zero-order valence-corrected chi connectivity index (χ0v) is 18.4. The summed E-state index contributed by atoms with van der Waals surface area (Å²) in [5, 5.41) is 18.8. The molecule has 4 atom stereocenters. The molecule has 3 aromatic carbocycles. The van der Waals surface area contributed by atoms with Crippen LogP contribution in [0, 0.1) is 10.1 Å². The van der Waals surface area contributed by atoms with Crippen molar-refractivity contribution >= 4 is 17.7 Å². The first-order valence-corrected chi connectivity index (χ1v) is 10.9. The summed E-state index contributed by atoms with van der Waals surface area (Å²) in [4.78, 5) is 28.1. The number of fused-ring (bicyclic) bond motifs is 3. The van der Waals surface area contributed by atoms with E-state index < -0.39 is 24.0 Å². The van der Waals surface area contributed by atoms with Gasteiger partial charge in [-0.3, -0.25) is 19.9 Å². The van der Waals surface area contributed by atoms with Crippen LogP contribution in [-0.4, -0.2) is 48.1 Å². The van der Waals surface area contributed by atoms with Gasteiger partial charge in [0.15, 0.2) is 5.78 Å². The smallest absolute Gasteiger partial charge is 0.248 e. The predicted octanol–water partition coefficient (Wildman–Crippen LogP) is 4.14. The van der Waals surface area contributed by atoms with E-state index in [1.807, 2.05) is 73.6 Å². The van der Waals surface area contributed by atoms with Crippen LogP contribution in [0.1, 0.15) is 39.0 Å². The van der Waals surface area contributed by atoms with E-state index in [0.29, 0.717) is 5.56 Å². The topological polar surface area (TPSA) is 79.0 Å². The molecule has 33 heavy (non-hydrogen) atoms. The Bertz CT molecular complexity index is 1220. The third-order valence-electron chi connectivity index (χ3n) is 6.61. The molecule has 2 heterocycles. The highest BCUT2D eigenvalue weighted by Gasteiger charge is 2.60. The van der Waals surface area contributed by atoms with E-state index in [2.05, 4.69) is 5.10 Å². The monoisotopic (exact) mass is 440 g/mol. The van der Waals surface area contributed by atoms with Crippen LogP contribution in [0.3, 0.4) is 0 Å². The van der Waals surface area contributed by atoms with Gasteiger partial charge in [0.2, 0.25) is 6.04 Å². The molecule has 0 unspecified atom stereocenters. The van der Waals surface area contributed by atoms with Gasteiger partial charge in [-0.2, -0.15) is 5.10 Å². The van der Waals surface area contributed by atoms with Crippen molar-refractivity contribution in [1.82, 2.24) is 5.01 Å². The molecule has 1 fully saturated rings. The van der Waals surface area contributed by atoms with Gasteiger partial charge >= 0.3 is 0 Å². The molecule has 0 spiro atoms. The number of hydrazone groups is 1. The van der Waals surface area contributed by atoms with Crippen molar-refractivity contribution in [2.45, 2.75) is 24.0 Å². The highest BCUT2D eigenvalue weighted by atomic mass is 16.6. The first-order chi connectivity index (χ1) is 16.0. The van der Waals surface area contributed by atoms with Crippen molar-refractivity contribution in [2.75, 3.05) is 19.0 Å². The van der Waals surface area contributed by atoms with Crippen LogP contribution in [0.15, 0.2) is 84.0 Å². The van der Waals surface area contributed by atoms with Gasteiger partial charge in [-0.1, -0.05) is 66.7 Å². The van der Waals surface area contributed by atoms with Gasteiger partial charge in [-0.05, 0) is 23.3 Å². The Labute approximate surface area is 192 Å². The fourth-order valence-electron chi connectivity index (χ4n) is 5.05. The summed E-state index contributed by atoms with van der Waals surface area (Å²) in [5.41, 5.74) is 3.95. The van der Waals surface area contributed by atoms with Gasteiger partial charge in [0.1, 0.15) is 12.1 Å². The third-order valence-corrected chi connectivity index (χ3v) is 6.61. The molecular weight excluding hydrogens is 416 g/mol. The van der Waals surface area contributed by atoms with E-state index in [1.165, 1.54) is 0 Å². The predicted molar refractivity (Wildman–Crippen MR) is 127 cm³/mol. The van der Waals surface area contributed by atoms with Crippen LogP contribution < -0.4 is 4.90 Å². The second-order valence-corrected chi connectivity index (χ2v) is 8.66. The second kappa shape index (κ2) is 8.16. The minimum atomic E-state index is -1.02. The van der Waals surface area contributed by atoms with Crippen LogP contribution in [0.2, 0.25) is 0 Å². The number of carbonyl (C=O) groups excluding carboxylic acids is 1. The van der Waals surface area contributed by atoms with Crippen molar-refractivity contribution in [3.05, 3.63) is 111 Å². The number of hydrogen-bond donors (Lipinski definition) is 0. The molecule has 0 aliphatic carbocycles. The molecule has 2 aliphatic rings. The summed E-state index contributed by atoms with van der Waals surface area (Å²) in [6, 6.07) is 21.8. The summed E-state index contributed by atoms with van der Waals surface area (Å²) in [6.45, 7) is 0. The molecule has 0 saturated carbocycles. The van der Waals surface area contributed by atoms with Gasteiger partial charge in [-0.15, -0.1) is 0 Å². The molecule has 0 N–H and O–H groups in total. The Morgan fingerprint density at radius 2 is 1.64 bits per heavy atom. The molecule has 5 rings (SSSR count). The molecular formula is C26H24N4O3. The van der Waals surface area contributed by atoms with Crippen LogP contribution >= 0.6 is 0 Å². The van der Waals surface area contributed by atoms with Crippen molar-refractivity contribution in [1.29, 1.82) is 0 Å². The summed E-state index contributed by atoms with van der Waals surface area (Å²) in [7, 11) is 3.89. The van der Waals surface area contributed by atoms with Crippen molar-refractivity contribution in [3.63, 3.8) is 0 Å². The number of nitrogens with zero attached hydrogens (tertiary/aromatic N) is 4. The van der Waals surface area contributed by atoms with E-state index in [-0.39, 0.29) is 10.7 Å². The Hall–Kier alpha value is -4.00. The van der Waals surface area contributed by atoms with Crippen molar-refractivity contribution in [3.8, 4) is 0 Å². The zero-order chi connectivity index (χ0) is 23.1. The van der Waals surface area contributed by atoms with Gasteiger partial charge in [0.05, 0.1) is 12.1 Å². The van der Waals surface area contributed by atoms with Gasteiger partial charge < -0.3 is 4.90 Å². The van der Waals surface area contributed by atoms with Crippen molar-refractivity contribution < 1.29 is 9.72 Å². The molecule has 1 saturated heterocycles. The van der Waals surface area contributed by atoms with E-state index in [9.17, 15) is 14.9 Å². The number of rotatable bonds is 5. The molecule has 0 amide bonds. The van der Waals surface area contributed by atoms with Crippen LogP contribution in [0.5, 0.6) is 0 Å². The number of benzene rings is 3. The fourth-order valence-corrected chi connectivity index (χ4v) is 5.05. The third kappa shape index (κ3) is 3.46. The average Bonchev–Trinajstić information content (AvgIpc) is 3.20. The Kier molecular flexibility index (Phi) is 5.17. The number of carbonyl (C=O) groups is 1.